The van der Waals surface area contributed by atoms with Crippen LogP contribution in [0.25, 0.3) is 5.76 Å². The number of anilines is 1. The third kappa shape index (κ3) is 4.89. The SMILES string of the molecule is COC(=O)c1cccc(N2C(=O)C(=O)/C(=C(/O)c3cc(OC)ccc3Cl)C2c2ccc(C(C)(C)C)cc2)c1. The van der Waals surface area contributed by atoms with Crippen LogP contribution < -0.4 is 9.64 Å². The van der Waals surface area contributed by atoms with E-state index in [0.29, 0.717) is 17.0 Å². The molecular formula is C30H28ClNO6. The Bertz CT molecular complexity index is 1450. The average molecular weight is 534 g/mol. The standard InChI is InChI=1S/C30H28ClNO6/c1-30(2,3)19-11-9-17(10-12-19)25-24(26(33)22-16-21(37-4)13-14-23(22)31)27(34)28(35)32(25)20-8-6-7-18(15-20)29(36)38-5/h6-16,25,33H,1-5H3/b26-24+. The van der Waals surface area contributed by atoms with E-state index in [1.807, 2.05) is 24.3 Å². The highest BCUT2D eigenvalue weighted by Gasteiger charge is 2.47. The Hall–Kier alpha value is -4.10. The van der Waals surface area contributed by atoms with Gasteiger partial charge in [-0.2, -0.15) is 0 Å². The molecule has 1 saturated heterocycles. The number of ether oxygens (including phenoxy) is 2. The molecule has 196 valence electrons. The lowest BCUT2D eigenvalue weighted by Crippen LogP contribution is -2.29. The van der Waals surface area contributed by atoms with Crippen LogP contribution in [0.5, 0.6) is 5.75 Å². The maximum atomic E-state index is 13.5. The van der Waals surface area contributed by atoms with Crippen LogP contribution in [0.3, 0.4) is 0 Å². The van der Waals surface area contributed by atoms with Crippen molar-refractivity contribution < 1.29 is 29.0 Å². The summed E-state index contributed by atoms with van der Waals surface area (Å²) in [6, 6.07) is 17.4. The summed E-state index contributed by atoms with van der Waals surface area (Å²) < 4.78 is 10.1. The molecule has 0 aliphatic carbocycles. The van der Waals surface area contributed by atoms with Crippen LogP contribution in [0.15, 0.2) is 72.3 Å². The second-order valence-electron chi connectivity index (χ2n) is 9.93. The molecule has 3 aromatic rings. The molecule has 1 amide bonds. The number of esters is 1. The highest BCUT2D eigenvalue weighted by atomic mass is 35.5. The molecule has 0 spiro atoms. The molecular weight excluding hydrogens is 506 g/mol. The third-order valence-corrected chi connectivity index (χ3v) is 6.84. The molecule has 7 nitrogen and oxygen atoms in total. The van der Waals surface area contributed by atoms with Gasteiger partial charge in [0, 0.05) is 11.3 Å². The number of rotatable bonds is 5. The number of hydrogen-bond acceptors (Lipinski definition) is 6. The molecule has 1 heterocycles. The third-order valence-electron chi connectivity index (χ3n) is 6.51. The summed E-state index contributed by atoms with van der Waals surface area (Å²) in [7, 11) is 2.73. The lowest BCUT2D eigenvalue weighted by Gasteiger charge is -2.27. The smallest absolute Gasteiger partial charge is 0.337 e. The van der Waals surface area contributed by atoms with Crippen molar-refractivity contribution >= 4 is 40.7 Å². The highest BCUT2D eigenvalue weighted by molar-refractivity contribution is 6.52. The summed E-state index contributed by atoms with van der Waals surface area (Å²) in [5.41, 5.74) is 2.08. The van der Waals surface area contributed by atoms with Crippen molar-refractivity contribution in [3.8, 4) is 5.75 Å². The van der Waals surface area contributed by atoms with Crippen molar-refractivity contribution in [2.75, 3.05) is 19.1 Å². The Balaban J connectivity index is 1.97. The molecule has 0 bridgehead atoms. The first-order valence-corrected chi connectivity index (χ1v) is 12.3. The van der Waals surface area contributed by atoms with Crippen LogP contribution >= 0.6 is 11.6 Å². The van der Waals surface area contributed by atoms with Crippen LogP contribution in [0.1, 0.15) is 53.9 Å². The first kappa shape index (κ1) is 26.9. The molecule has 4 rings (SSSR count). The second-order valence-corrected chi connectivity index (χ2v) is 10.3. The Labute approximate surface area is 226 Å². The maximum absolute atomic E-state index is 13.5. The second kappa shape index (κ2) is 10.3. The van der Waals surface area contributed by atoms with Gasteiger partial charge in [0.2, 0.25) is 0 Å². The lowest BCUT2D eigenvalue weighted by molar-refractivity contribution is -0.132. The fraction of sp³-hybridized carbons (Fsp3) is 0.233. The number of amides is 1. The minimum Gasteiger partial charge on any atom is -0.507 e. The van der Waals surface area contributed by atoms with E-state index >= 15 is 0 Å². The number of aliphatic hydroxyl groups is 1. The fourth-order valence-corrected chi connectivity index (χ4v) is 4.65. The van der Waals surface area contributed by atoms with E-state index in [-0.39, 0.29) is 27.1 Å². The van der Waals surface area contributed by atoms with Gasteiger partial charge in [-0.05, 0) is 52.9 Å². The van der Waals surface area contributed by atoms with Crippen molar-refractivity contribution in [2.45, 2.75) is 32.2 Å². The van der Waals surface area contributed by atoms with Gasteiger partial charge in [-0.3, -0.25) is 14.5 Å². The zero-order valence-corrected chi connectivity index (χ0v) is 22.5. The summed E-state index contributed by atoms with van der Waals surface area (Å²) in [6.45, 7) is 6.24. The number of ketones is 1. The van der Waals surface area contributed by atoms with E-state index in [4.69, 9.17) is 21.1 Å². The zero-order valence-electron chi connectivity index (χ0n) is 21.7. The molecule has 0 saturated carbocycles. The van der Waals surface area contributed by atoms with E-state index in [1.165, 1.54) is 31.3 Å². The number of nitrogens with zero attached hydrogens (tertiary/aromatic N) is 1. The zero-order chi connectivity index (χ0) is 27.8. The Morgan fingerprint density at radius 2 is 1.66 bits per heavy atom. The summed E-state index contributed by atoms with van der Waals surface area (Å²) in [6.07, 6.45) is 0. The summed E-state index contributed by atoms with van der Waals surface area (Å²) in [4.78, 5) is 40.4. The number of Topliss-reactive ketones (excluding diaryl/α,β-unsaturated/α-hetero) is 1. The van der Waals surface area contributed by atoms with E-state index in [9.17, 15) is 19.5 Å². The first-order chi connectivity index (χ1) is 18.0. The van der Waals surface area contributed by atoms with Crippen molar-refractivity contribution in [3.05, 3.63) is 99.6 Å². The van der Waals surface area contributed by atoms with Gasteiger partial charge >= 0.3 is 5.97 Å². The Kier molecular flexibility index (Phi) is 7.33. The van der Waals surface area contributed by atoms with Crippen molar-refractivity contribution in [1.29, 1.82) is 0 Å². The summed E-state index contributed by atoms with van der Waals surface area (Å²) in [5.74, 6) is -2.32. The molecule has 1 N–H and O–H groups in total. The van der Waals surface area contributed by atoms with Gasteiger partial charge in [-0.25, -0.2) is 4.79 Å². The molecule has 1 aliphatic rings. The molecule has 0 radical (unpaired) electrons. The van der Waals surface area contributed by atoms with Crippen LogP contribution in [0, 0.1) is 0 Å². The predicted molar refractivity (Wildman–Crippen MR) is 146 cm³/mol. The molecule has 1 unspecified atom stereocenters. The number of halogens is 1. The fourth-order valence-electron chi connectivity index (χ4n) is 4.44. The lowest BCUT2D eigenvalue weighted by atomic mass is 9.85. The van der Waals surface area contributed by atoms with Gasteiger partial charge in [-0.15, -0.1) is 0 Å². The highest BCUT2D eigenvalue weighted by Crippen LogP contribution is 2.44. The first-order valence-electron chi connectivity index (χ1n) is 11.9. The number of hydrogen-bond donors (Lipinski definition) is 1. The molecule has 1 fully saturated rings. The molecule has 1 atom stereocenters. The van der Waals surface area contributed by atoms with E-state index in [0.717, 1.165) is 5.56 Å². The monoisotopic (exact) mass is 533 g/mol. The van der Waals surface area contributed by atoms with Gasteiger partial charge in [0.15, 0.2) is 0 Å². The minimum atomic E-state index is -0.987. The molecule has 38 heavy (non-hydrogen) atoms. The number of methoxy groups -OCH3 is 2. The van der Waals surface area contributed by atoms with Gasteiger partial charge in [0.25, 0.3) is 11.7 Å². The Morgan fingerprint density at radius 1 is 0.974 bits per heavy atom. The van der Waals surface area contributed by atoms with Crippen LogP contribution in [0.2, 0.25) is 5.02 Å². The summed E-state index contributed by atoms with van der Waals surface area (Å²) >= 11 is 6.39. The van der Waals surface area contributed by atoms with Gasteiger partial charge < -0.3 is 14.6 Å². The van der Waals surface area contributed by atoms with Crippen molar-refractivity contribution in [3.63, 3.8) is 0 Å². The number of benzene rings is 3. The summed E-state index contributed by atoms with van der Waals surface area (Å²) in [5, 5.41) is 11.6. The van der Waals surface area contributed by atoms with Crippen molar-refractivity contribution in [2.24, 2.45) is 0 Å². The minimum absolute atomic E-state index is 0.122. The maximum Gasteiger partial charge on any atom is 0.337 e. The molecule has 3 aromatic carbocycles. The largest absolute Gasteiger partial charge is 0.507 e. The number of carbonyl (C=O) groups excluding carboxylic acids is 3. The van der Waals surface area contributed by atoms with Crippen LogP contribution in [0.4, 0.5) is 5.69 Å². The molecule has 1 aliphatic heterocycles. The van der Waals surface area contributed by atoms with E-state index < -0.39 is 29.5 Å². The molecule has 0 aromatic heterocycles. The quantitative estimate of drug-likeness (QED) is 0.185. The predicted octanol–water partition coefficient (Wildman–Crippen LogP) is 6.06. The van der Waals surface area contributed by atoms with Gasteiger partial charge in [0.05, 0.1) is 36.4 Å². The van der Waals surface area contributed by atoms with Gasteiger partial charge in [0.1, 0.15) is 11.5 Å². The van der Waals surface area contributed by atoms with E-state index in [2.05, 4.69) is 20.8 Å². The normalized spacial score (nSPS) is 17.0. The topological polar surface area (TPSA) is 93.1 Å². The molecule has 8 heteroatoms. The average Bonchev–Trinajstić information content (AvgIpc) is 3.17. The van der Waals surface area contributed by atoms with Crippen LogP contribution in [-0.4, -0.2) is 37.0 Å². The number of carbonyl (C=O) groups is 3. The van der Waals surface area contributed by atoms with E-state index in [1.54, 1.807) is 30.3 Å². The Morgan fingerprint density at radius 3 is 2.26 bits per heavy atom. The number of aliphatic hydroxyl groups excluding tert-OH is 1. The van der Waals surface area contributed by atoms with Gasteiger partial charge in [-0.1, -0.05) is 62.7 Å². The van der Waals surface area contributed by atoms with Crippen LogP contribution in [-0.2, 0) is 19.7 Å². The van der Waals surface area contributed by atoms with Crippen molar-refractivity contribution in [1.82, 2.24) is 0 Å².